The van der Waals surface area contributed by atoms with Gasteiger partial charge in [0.2, 0.25) is 0 Å². The first-order chi connectivity index (χ1) is 18.4. The molecule has 0 saturated carbocycles. The van der Waals surface area contributed by atoms with Gasteiger partial charge in [0.15, 0.2) is 11.6 Å². The van der Waals surface area contributed by atoms with Gasteiger partial charge in [-0.3, -0.25) is 4.79 Å². The number of aliphatic hydroxyl groups excluding tert-OH is 1. The minimum atomic E-state index is -1.00. The molecule has 4 aromatic rings. The maximum absolute atomic E-state index is 14.0. The lowest BCUT2D eigenvalue weighted by Crippen LogP contribution is -2.12. The van der Waals surface area contributed by atoms with Crippen LogP contribution < -0.4 is 14.8 Å². The molecule has 5 nitrogen and oxygen atoms in total. The summed E-state index contributed by atoms with van der Waals surface area (Å²) in [5.41, 5.74) is 2.80. The highest BCUT2D eigenvalue weighted by atomic mass is 19.2. The van der Waals surface area contributed by atoms with E-state index in [2.05, 4.69) is 5.32 Å². The number of carbonyl (C=O) groups excluding carboxylic acids is 1. The lowest BCUT2D eigenvalue weighted by Gasteiger charge is -2.15. The molecule has 2 N–H and O–H groups in total. The van der Waals surface area contributed by atoms with E-state index in [0.717, 1.165) is 18.6 Å². The molecule has 1 amide bonds. The highest BCUT2D eigenvalue weighted by Gasteiger charge is 2.16. The van der Waals surface area contributed by atoms with Gasteiger partial charge in [-0.25, -0.2) is 13.2 Å². The predicted octanol–water partition coefficient (Wildman–Crippen LogP) is 6.85. The van der Waals surface area contributed by atoms with Crippen LogP contribution in [0.1, 0.15) is 23.7 Å². The molecule has 0 aliphatic heterocycles. The van der Waals surface area contributed by atoms with Gasteiger partial charge in [0.1, 0.15) is 23.9 Å². The molecule has 0 atom stereocenters. The Morgan fingerprint density at radius 2 is 1.42 bits per heavy atom. The van der Waals surface area contributed by atoms with Crippen molar-refractivity contribution >= 4 is 11.6 Å². The monoisotopic (exact) mass is 521 g/mol. The molecule has 8 heteroatoms. The summed E-state index contributed by atoms with van der Waals surface area (Å²) >= 11 is 0. The second kappa shape index (κ2) is 12.3. The smallest absolute Gasteiger partial charge is 0.255 e. The van der Waals surface area contributed by atoms with Gasteiger partial charge < -0.3 is 19.9 Å². The fourth-order valence-electron chi connectivity index (χ4n) is 3.85. The summed E-state index contributed by atoms with van der Waals surface area (Å²) in [4.78, 5) is 13.2. The second-order valence-electron chi connectivity index (χ2n) is 8.43. The fraction of sp³-hybridized carbons (Fsp3) is 0.167. The van der Waals surface area contributed by atoms with Gasteiger partial charge in [0.25, 0.3) is 5.91 Å². The highest BCUT2D eigenvalue weighted by Crippen LogP contribution is 2.35. The number of hydrogen-bond donors (Lipinski definition) is 2. The first kappa shape index (κ1) is 26.8. The third kappa shape index (κ3) is 6.33. The zero-order valence-electron chi connectivity index (χ0n) is 20.6. The molecule has 0 fully saturated rings. The van der Waals surface area contributed by atoms with E-state index in [1.165, 1.54) is 18.2 Å². The van der Waals surface area contributed by atoms with Crippen molar-refractivity contribution in [2.24, 2.45) is 0 Å². The number of nitrogens with one attached hydrogen (secondary N) is 1. The van der Waals surface area contributed by atoms with Crippen molar-refractivity contribution in [3.8, 4) is 33.8 Å². The molecule has 196 valence electrons. The number of halogens is 3. The fourth-order valence-corrected chi connectivity index (χ4v) is 3.85. The summed E-state index contributed by atoms with van der Waals surface area (Å²) in [7, 11) is 0. The standard InChI is InChI=1S/C30H26F3NO4/c1-2-14-37-28-11-6-21(16-24(28)20-5-10-26(32)27(33)17-20)30(36)34-23-9-12-29(38-15-13-35)25(18-23)19-3-7-22(31)8-4-19/h3-12,16-18,35H,2,13-15H2,1H3,(H,34,36). The molecule has 0 heterocycles. The number of hydrogen-bond acceptors (Lipinski definition) is 4. The Bertz CT molecular complexity index is 1420. The van der Waals surface area contributed by atoms with Gasteiger partial charge in [-0.15, -0.1) is 0 Å². The first-order valence-corrected chi connectivity index (χ1v) is 12.1. The van der Waals surface area contributed by atoms with Crippen molar-refractivity contribution in [1.82, 2.24) is 0 Å². The van der Waals surface area contributed by atoms with Crippen molar-refractivity contribution in [2.45, 2.75) is 13.3 Å². The molecule has 38 heavy (non-hydrogen) atoms. The number of anilines is 1. The molecule has 0 unspecified atom stereocenters. The van der Waals surface area contributed by atoms with Crippen molar-refractivity contribution in [3.63, 3.8) is 0 Å². The predicted molar refractivity (Wildman–Crippen MR) is 140 cm³/mol. The molecule has 0 aliphatic carbocycles. The Kier molecular flexibility index (Phi) is 8.66. The van der Waals surface area contributed by atoms with Gasteiger partial charge in [-0.1, -0.05) is 25.1 Å². The Morgan fingerprint density at radius 3 is 2.11 bits per heavy atom. The third-order valence-electron chi connectivity index (χ3n) is 5.68. The van der Waals surface area contributed by atoms with Gasteiger partial charge in [0, 0.05) is 22.4 Å². The van der Waals surface area contributed by atoms with Gasteiger partial charge >= 0.3 is 0 Å². The number of ether oxygens (including phenoxy) is 2. The van der Waals surface area contributed by atoms with E-state index in [0.29, 0.717) is 46.0 Å². The third-order valence-corrected chi connectivity index (χ3v) is 5.68. The molecule has 4 rings (SSSR count). The van der Waals surface area contributed by atoms with Crippen LogP contribution in [0.3, 0.4) is 0 Å². The van der Waals surface area contributed by atoms with Gasteiger partial charge in [0.05, 0.1) is 13.2 Å². The molecule has 0 aromatic heterocycles. The summed E-state index contributed by atoms with van der Waals surface area (Å²) < 4.78 is 52.4. The average Bonchev–Trinajstić information content (AvgIpc) is 2.93. The summed E-state index contributed by atoms with van der Waals surface area (Å²) in [5.74, 6) is -1.90. The largest absolute Gasteiger partial charge is 0.493 e. The number of aliphatic hydroxyl groups is 1. The SMILES string of the molecule is CCCOc1ccc(C(=O)Nc2ccc(OCCO)c(-c3ccc(F)cc3)c2)cc1-c1ccc(F)c(F)c1. The molecule has 0 aliphatic rings. The minimum absolute atomic E-state index is 0.0686. The van der Waals surface area contributed by atoms with Crippen LogP contribution in [-0.2, 0) is 0 Å². The van der Waals surface area contributed by atoms with Crippen LogP contribution >= 0.6 is 0 Å². The van der Waals surface area contributed by atoms with Crippen LogP contribution in [0, 0.1) is 17.5 Å². The zero-order valence-corrected chi connectivity index (χ0v) is 20.6. The Labute approximate surface area is 218 Å². The summed E-state index contributed by atoms with van der Waals surface area (Å²) in [6, 6.07) is 19.1. The lowest BCUT2D eigenvalue weighted by molar-refractivity contribution is 0.102. The van der Waals surface area contributed by atoms with Crippen molar-refractivity contribution in [1.29, 1.82) is 0 Å². The molecule has 0 bridgehead atoms. The zero-order chi connectivity index (χ0) is 27.1. The first-order valence-electron chi connectivity index (χ1n) is 12.1. The van der Waals surface area contributed by atoms with Crippen LogP contribution in [0.4, 0.5) is 18.9 Å². The molecular formula is C30H26F3NO4. The van der Waals surface area contributed by atoms with E-state index in [1.807, 2.05) is 6.92 Å². The Balaban J connectivity index is 1.66. The summed E-state index contributed by atoms with van der Waals surface area (Å²) in [6.45, 7) is 2.25. The van der Waals surface area contributed by atoms with Crippen LogP contribution in [0.25, 0.3) is 22.3 Å². The van der Waals surface area contributed by atoms with E-state index in [1.54, 1.807) is 48.5 Å². The number of benzene rings is 4. The molecular weight excluding hydrogens is 495 g/mol. The van der Waals surface area contributed by atoms with Crippen LogP contribution in [0.5, 0.6) is 11.5 Å². The van der Waals surface area contributed by atoms with Gasteiger partial charge in [-0.05, 0) is 78.2 Å². The lowest BCUT2D eigenvalue weighted by atomic mass is 10.0. The van der Waals surface area contributed by atoms with E-state index in [4.69, 9.17) is 14.6 Å². The summed E-state index contributed by atoms with van der Waals surface area (Å²) in [6.07, 6.45) is 0.744. The van der Waals surface area contributed by atoms with Gasteiger partial charge in [-0.2, -0.15) is 0 Å². The Morgan fingerprint density at radius 1 is 0.763 bits per heavy atom. The Hall–Kier alpha value is -4.30. The van der Waals surface area contributed by atoms with Crippen LogP contribution in [0.15, 0.2) is 78.9 Å². The topological polar surface area (TPSA) is 67.8 Å². The van der Waals surface area contributed by atoms with Crippen LogP contribution in [0.2, 0.25) is 0 Å². The van der Waals surface area contributed by atoms with E-state index in [9.17, 15) is 18.0 Å². The maximum Gasteiger partial charge on any atom is 0.255 e. The van der Waals surface area contributed by atoms with E-state index < -0.39 is 17.5 Å². The normalized spacial score (nSPS) is 10.8. The quantitative estimate of drug-likeness (QED) is 0.240. The highest BCUT2D eigenvalue weighted by molar-refractivity contribution is 6.05. The van der Waals surface area contributed by atoms with E-state index >= 15 is 0 Å². The maximum atomic E-state index is 14.0. The number of amides is 1. The number of carbonyl (C=O) groups is 1. The van der Waals surface area contributed by atoms with Crippen molar-refractivity contribution in [2.75, 3.05) is 25.1 Å². The number of rotatable bonds is 10. The molecule has 0 spiro atoms. The van der Waals surface area contributed by atoms with Crippen molar-refractivity contribution < 1.29 is 32.5 Å². The molecule has 4 aromatic carbocycles. The van der Waals surface area contributed by atoms with Crippen molar-refractivity contribution in [3.05, 3.63) is 102 Å². The molecule has 0 saturated heterocycles. The summed E-state index contributed by atoms with van der Waals surface area (Å²) in [5, 5.41) is 12.0. The molecule has 0 radical (unpaired) electrons. The minimum Gasteiger partial charge on any atom is -0.493 e. The average molecular weight is 522 g/mol. The van der Waals surface area contributed by atoms with Crippen LogP contribution in [-0.4, -0.2) is 30.8 Å². The second-order valence-corrected chi connectivity index (χ2v) is 8.43. The van der Waals surface area contributed by atoms with E-state index in [-0.39, 0.29) is 24.6 Å².